The van der Waals surface area contributed by atoms with Crippen molar-refractivity contribution in [3.63, 3.8) is 0 Å². The number of carbonyl (C=O) groups excluding carboxylic acids is 2. The molecule has 2 aliphatic rings. The predicted octanol–water partition coefficient (Wildman–Crippen LogP) is 1.53. The van der Waals surface area contributed by atoms with Crippen LogP contribution < -0.4 is 5.32 Å². The minimum absolute atomic E-state index is 0.0270. The molecule has 0 aromatic heterocycles. The van der Waals surface area contributed by atoms with Gasteiger partial charge < -0.3 is 20.2 Å². The van der Waals surface area contributed by atoms with Gasteiger partial charge in [-0.25, -0.2) is 4.79 Å². The Balaban J connectivity index is 1.83. The van der Waals surface area contributed by atoms with Gasteiger partial charge in [-0.3, -0.25) is 9.59 Å². The highest BCUT2D eigenvalue weighted by Crippen LogP contribution is 2.36. The first kappa shape index (κ1) is 18.5. The number of carboxylic acids is 1. The second-order valence-electron chi connectivity index (χ2n) is 7.30. The van der Waals surface area contributed by atoms with Gasteiger partial charge in [-0.05, 0) is 25.7 Å². The van der Waals surface area contributed by atoms with E-state index < -0.39 is 11.4 Å². The first-order valence-corrected chi connectivity index (χ1v) is 8.83. The summed E-state index contributed by atoms with van der Waals surface area (Å²) in [5, 5.41) is 12.4. The maximum atomic E-state index is 12.4. The second kappa shape index (κ2) is 7.85. The highest BCUT2D eigenvalue weighted by molar-refractivity contribution is 5.81. The number of aliphatic carboxylic acids is 1. The monoisotopic (exact) mass is 339 g/mol. The van der Waals surface area contributed by atoms with Crippen molar-refractivity contribution < 1.29 is 19.5 Å². The fourth-order valence-corrected chi connectivity index (χ4v) is 3.71. The highest BCUT2D eigenvalue weighted by atomic mass is 16.4. The summed E-state index contributed by atoms with van der Waals surface area (Å²) in [6, 6.07) is -0.0270. The Morgan fingerprint density at radius 1 is 1.12 bits per heavy atom. The second-order valence-corrected chi connectivity index (χ2v) is 7.30. The minimum Gasteiger partial charge on any atom is -0.481 e. The first-order valence-electron chi connectivity index (χ1n) is 8.83. The summed E-state index contributed by atoms with van der Waals surface area (Å²) in [5.74, 6) is -1.00. The molecule has 0 aromatic rings. The van der Waals surface area contributed by atoms with Crippen LogP contribution in [0.4, 0.5) is 4.79 Å². The normalized spacial score (nSPS) is 21.2. The van der Waals surface area contributed by atoms with Crippen LogP contribution in [0.25, 0.3) is 0 Å². The predicted molar refractivity (Wildman–Crippen MR) is 89.5 cm³/mol. The average Bonchev–Trinajstić information content (AvgIpc) is 2.59. The van der Waals surface area contributed by atoms with Gasteiger partial charge in [0.2, 0.25) is 5.91 Å². The first-order chi connectivity index (χ1) is 11.4. The molecule has 1 saturated heterocycles. The van der Waals surface area contributed by atoms with Gasteiger partial charge in [0, 0.05) is 39.6 Å². The Morgan fingerprint density at radius 2 is 1.71 bits per heavy atom. The number of urea groups is 1. The largest absolute Gasteiger partial charge is 0.481 e. The number of rotatable bonds is 4. The molecule has 7 nitrogen and oxygen atoms in total. The molecule has 1 saturated carbocycles. The van der Waals surface area contributed by atoms with Crippen LogP contribution in [0.2, 0.25) is 0 Å². The molecule has 2 fully saturated rings. The third kappa shape index (κ3) is 4.19. The molecule has 0 unspecified atom stereocenters. The minimum atomic E-state index is -0.797. The van der Waals surface area contributed by atoms with Crippen molar-refractivity contribution >= 4 is 17.9 Å². The van der Waals surface area contributed by atoms with E-state index in [2.05, 4.69) is 5.32 Å². The molecule has 2 N–H and O–H groups in total. The van der Waals surface area contributed by atoms with E-state index in [9.17, 15) is 19.5 Å². The van der Waals surface area contributed by atoms with Crippen LogP contribution in [0.5, 0.6) is 0 Å². The molecule has 0 radical (unpaired) electrons. The van der Waals surface area contributed by atoms with Crippen molar-refractivity contribution in [1.29, 1.82) is 0 Å². The Bertz CT molecular complexity index is 478. The lowest BCUT2D eigenvalue weighted by Gasteiger charge is -2.35. The quantitative estimate of drug-likeness (QED) is 0.813. The van der Waals surface area contributed by atoms with Crippen molar-refractivity contribution in [3.05, 3.63) is 0 Å². The van der Waals surface area contributed by atoms with Gasteiger partial charge in [0.15, 0.2) is 0 Å². The standard InChI is InChI=1S/C17H29N3O4/c1-19(2)16(24)20-10-6-13(7-11-20)14(21)18-12-17(15(22)23)8-4-3-5-9-17/h13H,3-12H2,1-2H3,(H,18,21)(H,22,23). The molecule has 2 rings (SSSR count). The van der Waals surface area contributed by atoms with Crippen LogP contribution in [0.15, 0.2) is 0 Å². The van der Waals surface area contributed by atoms with Gasteiger partial charge in [-0.2, -0.15) is 0 Å². The van der Waals surface area contributed by atoms with Crippen LogP contribution in [0.1, 0.15) is 44.9 Å². The number of piperidine rings is 1. The Hall–Kier alpha value is -1.79. The molecule has 24 heavy (non-hydrogen) atoms. The summed E-state index contributed by atoms with van der Waals surface area (Å²) >= 11 is 0. The Kier molecular flexibility index (Phi) is 6.07. The van der Waals surface area contributed by atoms with E-state index in [0.29, 0.717) is 38.8 Å². The maximum absolute atomic E-state index is 12.4. The molecule has 3 amide bonds. The summed E-state index contributed by atoms with van der Waals surface area (Å²) < 4.78 is 0. The molecule has 7 heteroatoms. The molecule has 1 heterocycles. The fourth-order valence-electron chi connectivity index (χ4n) is 3.71. The third-order valence-corrected chi connectivity index (χ3v) is 5.38. The summed E-state index contributed by atoms with van der Waals surface area (Å²) in [6.07, 6.45) is 5.43. The average molecular weight is 339 g/mol. The van der Waals surface area contributed by atoms with E-state index in [-0.39, 0.29) is 24.4 Å². The topological polar surface area (TPSA) is 90.0 Å². The number of hydrogen-bond donors (Lipinski definition) is 2. The number of carbonyl (C=O) groups is 3. The number of nitrogens with zero attached hydrogens (tertiary/aromatic N) is 2. The molecular weight excluding hydrogens is 310 g/mol. The van der Waals surface area contributed by atoms with E-state index >= 15 is 0 Å². The fraction of sp³-hybridized carbons (Fsp3) is 0.824. The number of nitrogens with one attached hydrogen (secondary N) is 1. The van der Waals surface area contributed by atoms with Gasteiger partial charge in [0.05, 0.1) is 5.41 Å². The van der Waals surface area contributed by atoms with Gasteiger partial charge in [-0.15, -0.1) is 0 Å². The summed E-state index contributed by atoms with van der Waals surface area (Å²) in [5.41, 5.74) is -0.796. The van der Waals surface area contributed by atoms with Crippen LogP contribution >= 0.6 is 0 Å². The van der Waals surface area contributed by atoms with Crippen LogP contribution in [0.3, 0.4) is 0 Å². The van der Waals surface area contributed by atoms with E-state index in [1.807, 2.05) is 0 Å². The zero-order valence-corrected chi connectivity index (χ0v) is 14.7. The molecule has 0 spiro atoms. The zero-order valence-electron chi connectivity index (χ0n) is 14.7. The molecule has 0 aromatic carbocycles. The molecule has 1 aliphatic heterocycles. The summed E-state index contributed by atoms with van der Waals surface area (Å²) in [4.78, 5) is 39.3. The van der Waals surface area contributed by atoms with E-state index in [0.717, 1.165) is 19.3 Å². The Morgan fingerprint density at radius 3 is 2.21 bits per heavy atom. The van der Waals surface area contributed by atoms with E-state index in [1.54, 1.807) is 23.9 Å². The number of likely N-dealkylation sites (tertiary alicyclic amines) is 1. The number of carboxylic acid groups (broad SMARTS) is 1. The summed E-state index contributed by atoms with van der Waals surface area (Å²) in [6.45, 7) is 1.36. The zero-order chi connectivity index (χ0) is 17.7. The van der Waals surface area contributed by atoms with Crippen LogP contribution in [-0.4, -0.2) is 66.5 Å². The van der Waals surface area contributed by atoms with Crippen molar-refractivity contribution in [2.75, 3.05) is 33.7 Å². The van der Waals surface area contributed by atoms with Crippen molar-refractivity contribution in [3.8, 4) is 0 Å². The van der Waals surface area contributed by atoms with E-state index in [4.69, 9.17) is 0 Å². The maximum Gasteiger partial charge on any atom is 0.319 e. The number of hydrogen-bond acceptors (Lipinski definition) is 3. The lowest BCUT2D eigenvalue weighted by atomic mass is 9.74. The molecular formula is C17H29N3O4. The van der Waals surface area contributed by atoms with Crippen molar-refractivity contribution in [2.45, 2.75) is 44.9 Å². The lowest BCUT2D eigenvalue weighted by molar-refractivity contribution is -0.151. The van der Waals surface area contributed by atoms with Gasteiger partial charge in [0.25, 0.3) is 0 Å². The van der Waals surface area contributed by atoms with Gasteiger partial charge in [0.1, 0.15) is 0 Å². The van der Waals surface area contributed by atoms with Crippen molar-refractivity contribution in [2.24, 2.45) is 11.3 Å². The summed E-state index contributed by atoms with van der Waals surface area (Å²) in [7, 11) is 3.44. The van der Waals surface area contributed by atoms with Gasteiger partial charge in [-0.1, -0.05) is 19.3 Å². The smallest absolute Gasteiger partial charge is 0.319 e. The van der Waals surface area contributed by atoms with E-state index in [1.165, 1.54) is 0 Å². The molecule has 0 bridgehead atoms. The SMILES string of the molecule is CN(C)C(=O)N1CCC(C(=O)NCC2(C(=O)O)CCCCC2)CC1. The van der Waals surface area contributed by atoms with Crippen molar-refractivity contribution in [1.82, 2.24) is 15.1 Å². The molecule has 0 atom stereocenters. The van der Waals surface area contributed by atoms with Crippen LogP contribution in [-0.2, 0) is 9.59 Å². The van der Waals surface area contributed by atoms with Crippen LogP contribution in [0, 0.1) is 11.3 Å². The van der Waals surface area contributed by atoms with Gasteiger partial charge >= 0.3 is 12.0 Å². The highest BCUT2D eigenvalue weighted by Gasteiger charge is 2.40. The third-order valence-electron chi connectivity index (χ3n) is 5.38. The lowest BCUT2D eigenvalue weighted by Crippen LogP contribution is -2.49. The molecule has 1 aliphatic carbocycles. The Labute approximate surface area is 143 Å². The molecule has 136 valence electrons. The number of amides is 3.